The molecule has 1 aromatic heterocycles. The fourth-order valence-corrected chi connectivity index (χ4v) is 5.27. The molecule has 0 aliphatic carbocycles. The maximum absolute atomic E-state index is 14.0. The fourth-order valence-electron chi connectivity index (χ4n) is 5.27. The number of amides is 1. The fraction of sp³-hybridized carbons (Fsp3) is 0.400. The number of aliphatic hydroxyl groups excluding tert-OH is 1. The average molecular weight is 472 g/mol. The first-order valence-electron chi connectivity index (χ1n) is 12.4. The van der Waals surface area contributed by atoms with E-state index in [-0.39, 0.29) is 18.6 Å². The summed E-state index contributed by atoms with van der Waals surface area (Å²) in [5.74, 6) is 0.860. The van der Waals surface area contributed by atoms with Crippen molar-refractivity contribution in [3.05, 3.63) is 77.0 Å². The van der Waals surface area contributed by atoms with Crippen molar-refractivity contribution in [2.24, 2.45) is 0 Å². The highest BCUT2D eigenvalue weighted by atomic mass is 16.3. The minimum Gasteiger partial charge on any atom is -0.394 e. The van der Waals surface area contributed by atoms with Crippen LogP contribution in [0.4, 0.5) is 11.5 Å². The van der Waals surface area contributed by atoms with Crippen LogP contribution in [0.5, 0.6) is 0 Å². The van der Waals surface area contributed by atoms with Crippen LogP contribution in [0.3, 0.4) is 0 Å². The molecular formula is C30H37N3O2. The summed E-state index contributed by atoms with van der Waals surface area (Å²) in [6, 6.07) is 16.7. The summed E-state index contributed by atoms with van der Waals surface area (Å²) >= 11 is 0. The van der Waals surface area contributed by atoms with Gasteiger partial charge in [0.2, 0.25) is 5.91 Å². The summed E-state index contributed by atoms with van der Waals surface area (Å²) in [6.45, 7) is 11.2. The number of nitrogens with zero attached hydrogens (tertiary/aromatic N) is 3. The molecule has 1 unspecified atom stereocenters. The van der Waals surface area contributed by atoms with Crippen molar-refractivity contribution in [3.63, 3.8) is 0 Å². The van der Waals surface area contributed by atoms with E-state index >= 15 is 0 Å². The van der Waals surface area contributed by atoms with Crippen molar-refractivity contribution < 1.29 is 9.90 Å². The van der Waals surface area contributed by atoms with Crippen LogP contribution in [0.15, 0.2) is 54.7 Å². The number of rotatable bonds is 6. The zero-order valence-corrected chi connectivity index (χ0v) is 21.8. The first-order chi connectivity index (χ1) is 16.6. The van der Waals surface area contributed by atoms with E-state index in [2.05, 4.69) is 62.1 Å². The van der Waals surface area contributed by atoms with Gasteiger partial charge in [0.05, 0.1) is 29.9 Å². The van der Waals surface area contributed by atoms with Gasteiger partial charge in [-0.2, -0.15) is 0 Å². The first-order valence-corrected chi connectivity index (χ1v) is 12.4. The Hall–Kier alpha value is -3.18. The molecule has 2 aromatic carbocycles. The normalized spacial score (nSPS) is 16.0. The molecule has 0 radical (unpaired) electrons. The van der Waals surface area contributed by atoms with Gasteiger partial charge in [0.15, 0.2) is 0 Å². The third kappa shape index (κ3) is 4.83. The minimum atomic E-state index is -0.704. The van der Waals surface area contributed by atoms with Crippen molar-refractivity contribution in [2.45, 2.75) is 58.9 Å². The SMILES string of the molecule is Cc1cc(C)cc(C(C)(C)C(=O)N(C)c2cnc(N3CCCC3CO)cc2-c2ccccc2C)c1. The third-order valence-electron chi connectivity index (χ3n) is 7.33. The van der Waals surface area contributed by atoms with Gasteiger partial charge < -0.3 is 14.9 Å². The highest BCUT2D eigenvalue weighted by Crippen LogP contribution is 2.38. The Morgan fingerprint density at radius 2 is 1.77 bits per heavy atom. The van der Waals surface area contributed by atoms with Crippen molar-refractivity contribution >= 4 is 17.4 Å². The number of aliphatic hydroxyl groups is 1. The number of aryl methyl sites for hydroxylation is 3. The second kappa shape index (κ2) is 9.82. The van der Waals surface area contributed by atoms with Gasteiger partial charge in [-0.05, 0) is 70.2 Å². The zero-order valence-electron chi connectivity index (χ0n) is 21.8. The number of anilines is 2. The van der Waals surface area contributed by atoms with Crippen molar-refractivity contribution in [1.29, 1.82) is 0 Å². The Bertz CT molecular complexity index is 1210. The zero-order chi connectivity index (χ0) is 25.3. The number of carbonyl (C=O) groups is 1. The standard InChI is InChI=1S/C30H37N3O2/c1-20-14-21(2)16-23(15-20)30(4,5)29(35)32(6)27-18-31-28(33-13-9-11-24(33)19-34)17-26(27)25-12-8-7-10-22(25)3/h7-8,10,12,14-18,24,34H,9,11,13,19H2,1-6H3. The molecule has 1 fully saturated rings. The number of hydrogen-bond acceptors (Lipinski definition) is 4. The van der Waals surface area contributed by atoms with E-state index in [1.807, 2.05) is 39.2 Å². The van der Waals surface area contributed by atoms with Crippen LogP contribution in [0.1, 0.15) is 48.9 Å². The highest BCUT2D eigenvalue weighted by molar-refractivity contribution is 6.03. The Morgan fingerprint density at radius 1 is 1.09 bits per heavy atom. The van der Waals surface area contributed by atoms with E-state index in [1.165, 1.54) is 0 Å². The molecule has 184 valence electrons. The van der Waals surface area contributed by atoms with E-state index < -0.39 is 5.41 Å². The van der Waals surface area contributed by atoms with Crippen LogP contribution < -0.4 is 9.80 Å². The monoisotopic (exact) mass is 471 g/mol. The Labute approximate surface area is 209 Å². The molecule has 35 heavy (non-hydrogen) atoms. The van der Waals surface area contributed by atoms with Gasteiger partial charge in [-0.25, -0.2) is 4.98 Å². The maximum Gasteiger partial charge on any atom is 0.236 e. The Kier molecular flexibility index (Phi) is 7.00. The van der Waals surface area contributed by atoms with E-state index in [1.54, 1.807) is 4.90 Å². The molecule has 1 aliphatic heterocycles. The molecule has 5 heteroatoms. The molecular weight excluding hydrogens is 434 g/mol. The molecule has 0 bridgehead atoms. The van der Waals surface area contributed by atoms with E-state index in [9.17, 15) is 9.90 Å². The van der Waals surface area contributed by atoms with Crippen molar-refractivity contribution in [1.82, 2.24) is 4.98 Å². The lowest BCUT2D eigenvalue weighted by Gasteiger charge is -2.32. The minimum absolute atomic E-state index is 0.0151. The van der Waals surface area contributed by atoms with E-state index in [0.717, 1.165) is 64.3 Å². The summed E-state index contributed by atoms with van der Waals surface area (Å²) < 4.78 is 0. The summed E-state index contributed by atoms with van der Waals surface area (Å²) in [5, 5.41) is 9.86. The number of benzene rings is 2. The van der Waals surface area contributed by atoms with Crippen LogP contribution >= 0.6 is 0 Å². The summed E-state index contributed by atoms with van der Waals surface area (Å²) in [7, 11) is 1.84. The van der Waals surface area contributed by atoms with E-state index in [4.69, 9.17) is 4.98 Å². The number of pyridine rings is 1. The summed E-state index contributed by atoms with van der Waals surface area (Å²) in [6.07, 6.45) is 3.82. The molecule has 4 rings (SSSR count). The molecule has 0 spiro atoms. The molecule has 0 saturated carbocycles. The van der Waals surface area contributed by atoms with Crippen LogP contribution in [-0.4, -0.2) is 42.2 Å². The van der Waals surface area contributed by atoms with Crippen LogP contribution in [0.2, 0.25) is 0 Å². The van der Waals surface area contributed by atoms with Gasteiger partial charge in [-0.15, -0.1) is 0 Å². The van der Waals surface area contributed by atoms with Gasteiger partial charge in [0, 0.05) is 19.2 Å². The lowest BCUT2D eigenvalue weighted by atomic mass is 9.81. The second-order valence-electron chi connectivity index (χ2n) is 10.4. The van der Waals surface area contributed by atoms with Crippen LogP contribution in [0.25, 0.3) is 11.1 Å². The molecule has 1 aliphatic rings. The molecule has 1 amide bonds. The molecule has 3 aromatic rings. The van der Waals surface area contributed by atoms with Crippen molar-refractivity contribution in [3.8, 4) is 11.1 Å². The van der Waals surface area contributed by atoms with Gasteiger partial charge in [0.1, 0.15) is 5.82 Å². The van der Waals surface area contributed by atoms with Crippen LogP contribution in [0, 0.1) is 20.8 Å². The van der Waals surface area contributed by atoms with Gasteiger partial charge >= 0.3 is 0 Å². The predicted octanol–water partition coefficient (Wildman–Crippen LogP) is 5.58. The van der Waals surface area contributed by atoms with Crippen molar-refractivity contribution in [2.75, 3.05) is 30.0 Å². The topological polar surface area (TPSA) is 56.7 Å². The molecule has 5 nitrogen and oxygen atoms in total. The lowest BCUT2D eigenvalue weighted by Crippen LogP contribution is -2.42. The third-order valence-corrected chi connectivity index (χ3v) is 7.33. The highest BCUT2D eigenvalue weighted by Gasteiger charge is 2.35. The average Bonchev–Trinajstić information content (AvgIpc) is 3.31. The quantitative estimate of drug-likeness (QED) is 0.510. The Morgan fingerprint density at radius 3 is 2.43 bits per heavy atom. The number of carbonyl (C=O) groups excluding carboxylic acids is 1. The first kappa shape index (κ1) is 24.9. The lowest BCUT2D eigenvalue weighted by molar-refractivity contribution is -0.122. The second-order valence-corrected chi connectivity index (χ2v) is 10.4. The largest absolute Gasteiger partial charge is 0.394 e. The number of aromatic nitrogens is 1. The summed E-state index contributed by atoms with van der Waals surface area (Å²) in [5.41, 5.74) is 6.59. The molecule has 1 N–H and O–H groups in total. The number of likely N-dealkylation sites (N-methyl/N-ethyl adjacent to an activating group) is 1. The smallest absolute Gasteiger partial charge is 0.236 e. The maximum atomic E-state index is 14.0. The predicted molar refractivity (Wildman–Crippen MR) is 144 cm³/mol. The molecule has 1 atom stereocenters. The van der Waals surface area contributed by atoms with Crippen LogP contribution in [-0.2, 0) is 10.2 Å². The summed E-state index contributed by atoms with van der Waals surface area (Å²) in [4.78, 5) is 22.7. The molecule has 2 heterocycles. The van der Waals surface area contributed by atoms with E-state index in [0.29, 0.717) is 0 Å². The van der Waals surface area contributed by atoms with Gasteiger partial charge in [-0.3, -0.25) is 4.79 Å². The van der Waals surface area contributed by atoms with Gasteiger partial charge in [0.25, 0.3) is 0 Å². The van der Waals surface area contributed by atoms with Gasteiger partial charge in [-0.1, -0.05) is 53.6 Å². The Balaban J connectivity index is 1.79. The number of hydrogen-bond donors (Lipinski definition) is 1. The molecule has 1 saturated heterocycles.